The van der Waals surface area contributed by atoms with E-state index in [1.54, 1.807) is 24.3 Å². The second-order valence-electron chi connectivity index (χ2n) is 6.40. The Hall–Kier alpha value is -4.27. The van der Waals surface area contributed by atoms with Gasteiger partial charge in [-0.25, -0.2) is 9.89 Å². The number of alkyl halides is 2. The fraction of sp³-hybridized carbons (Fsp3) is 0.0455. The molecule has 4 aromatic rings. The van der Waals surface area contributed by atoms with E-state index in [1.165, 1.54) is 6.07 Å². The molecule has 0 fully saturated rings. The van der Waals surface area contributed by atoms with Gasteiger partial charge in [0.25, 0.3) is 5.88 Å². The summed E-state index contributed by atoms with van der Waals surface area (Å²) in [6.07, 6.45) is 0. The Bertz CT molecular complexity index is 1190. The quantitative estimate of drug-likeness (QED) is 0.422. The van der Waals surface area contributed by atoms with Gasteiger partial charge >= 0.3 is 12.6 Å². The van der Waals surface area contributed by atoms with Crippen molar-refractivity contribution in [2.75, 3.05) is 0 Å². The van der Waals surface area contributed by atoms with Crippen LogP contribution in [0.2, 0.25) is 0 Å². The van der Waals surface area contributed by atoms with E-state index in [2.05, 4.69) is 20.1 Å². The number of aromatic nitrogens is 3. The summed E-state index contributed by atoms with van der Waals surface area (Å²) in [6, 6.07) is 21.1. The number of carbonyl (C=O) groups is 1. The smallest absolute Gasteiger partial charge is 0.387 e. The molecule has 0 saturated carbocycles. The highest BCUT2D eigenvalue weighted by atomic mass is 19.3. The molecule has 0 atom stereocenters. The molecule has 0 unspecified atom stereocenters. The third-order valence-electron chi connectivity index (χ3n) is 4.40. The molecule has 0 radical (unpaired) electrons. The lowest BCUT2D eigenvalue weighted by Gasteiger charge is -2.09. The molecule has 31 heavy (non-hydrogen) atoms. The minimum atomic E-state index is -2.87. The van der Waals surface area contributed by atoms with Gasteiger partial charge in [-0.05, 0) is 46.5 Å². The average molecular weight is 423 g/mol. The number of ether oxygens (including phenoxy) is 2. The zero-order valence-corrected chi connectivity index (χ0v) is 15.8. The maximum Gasteiger partial charge on any atom is 0.387 e. The normalized spacial score (nSPS) is 10.8. The van der Waals surface area contributed by atoms with E-state index < -0.39 is 12.6 Å². The number of benzene rings is 3. The number of hydrogen-bond donors (Lipinski definition) is 2. The molecular weight excluding hydrogens is 408 g/mol. The van der Waals surface area contributed by atoms with E-state index in [0.29, 0.717) is 5.75 Å². The standard InChI is InChI=1S/C22H15F2N3O4/c23-22(24)31-18-3-1-2-16(12-18)15-6-4-13(5-7-15)14-8-10-17(11-9-14)30-20-19(21(28)29)25-27-26-20/h1-12,22H,(H,28,29)(H,25,26,27). The summed E-state index contributed by atoms with van der Waals surface area (Å²) >= 11 is 0. The first-order valence-corrected chi connectivity index (χ1v) is 9.07. The van der Waals surface area contributed by atoms with Crippen molar-refractivity contribution in [1.29, 1.82) is 0 Å². The van der Waals surface area contributed by atoms with E-state index in [9.17, 15) is 13.6 Å². The molecule has 0 saturated heterocycles. The average Bonchev–Trinajstić information content (AvgIpc) is 3.23. The third-order valence-corrected chi connectivity index (χ3v) is 4.40. The molecular formula is C22H15F2N3O4. The van der Waals surface area contributed by atoms with Crippen molar-refractivity contribution < 1.29 is 28.2 Å². The summed E-state index contributed by atoms with van der Waals surface area (Å²) in [5, 5.41) is 18.3. The summed E-state index contributed by atoms with van der Waals surface area (Å²) in [6.45, 7) is -2.87. The molecule has 0 spiro atoms. The van der Waals surface area contributed by atoms with Crippen LogP contribution < -0.4 is 9.47 Å². The van der Waals surface area contributed by atoms with Crippen LogP contribution in [0.25, 0.3) is 22.3 Å². The topological polar surface area (TPSA) is 97.3 Å². The van der Waals surface area contributed by atoms with Gasteiger partial charge in [-0.3, -0.25) is 0 Å². The van der Waals surface area contributed by atoms with E-state index in [4.69, 9.17) is 9.84 Å². The largest absolute Gasteiger partial charge is 0.476 e. The predicted octanol–water partition coefficient (Wildman–Crippen LogP) is 5.23. The van der Waals surface area contributed by atoms with Crippen LogP contribution in [0.3, 0.4) is 0 Å². The van der Waals surface area contributed by atoms with E-state index in [0.717, 1.165) is 22.3 Å². The first-order chi connectivity index (χ1) is 15.0. The zero-order valence-electron chi connectivity index (χ0n) is 15.8. The zero-order chi connectivity index (χ0) is 21.8. The van der Waals surface area contributed by atoms with Gasteiger partial charge in [-0.2, -0.15) is 8.78 Å². The van der Waals surface area contributed by atoms with Crippen LogP contribution in [0.4, 0.5) is 8.78 Å². The van der Waals surface area contributed by atoms with Crippen LogP contribution in [0.15, 0.2) is 72.8 Å². The molecule has 1 heterocycles. The van der Waals surface area contributed by atoms with Gasteiger partial charge in [0.2, 0.25) is 5.69 Å². The molecule has 9 heteroatoms. The van der Waals surface area contributed by atoms with E-state index in [1.807, 2.05) is 42.5 Å². The fourth-order valence-corrected chi connectivity index (χ4v) is 2.97. The lowest BCUT2D eigenvalue weighted by Crippen LogP contribution is -2.01. The van der Waals surface area contributed by atoms with Crippen LogP contribution >= 0.6 is 0 Å². The maximum atomic E-state index is 12.4. The summed E-state index contributed by atoms with van der Waals surface area (Å²) < 4.78 is 34.8. The van der Waals surface area contributed by atoms with Crippen LogP contribution in [-0.4, -0.2) is 33.1 Å². The van der Waals surface area contributed by atoms with Crippen molar-refractivity contribution in [2.45, 2.75) is 6.61 Å². The molecule has 2 N–H and O–H groups in total. The van der Waals surface area contributed by atoms with Crippen LogP contribution in [0.1, 0.15) is 10.5 Å². The molecule has 4 rings (SSSR count). The molecule has 0 bridgehead atoms. The fourth-order valence-electron chi connectivity index (χ4n) is 2.97. The minimum Gasteiger partial charge on any atom is -0.476 e. The number of hydrogen-bond acceptors (Lipinski definition) is 5. The highest BCUT2D eigenvalue weighted by molar-refractivity contribution is 5.87. The van der Waals surface area contributed by atoms with Gasteiger partial charge in [0.1, 0.15) is 11.5 Å². The Morgan fingerprint density at radius 3 is 2.10 bits per heavy atom. The number of aromatic amines is 1. The molecule has 7 nitrogen and oxygen atoms in total. The minimum absolute atomic E-state index is 0.0531. The van der Waals surface area contributed by atoms with Gasteiger partial charge in [0.15, 0.2) is 0 Å². The SMILES string of the molecule is O=C(O)c1nn[nH]c1Oc1ccc(-c2ccc(-c3cccc(OC(F)F)c3)cc2)cc1. The van der Waals surface area contributed by atoms with E-state index in [-0.39, 0.29) is 17.3 Å². The number of H-pyrrole nitrogens is 1. The van der Waals surface area contributed by atoms with E-state index >= 15 is 0 Å². The van der Waals surface area contributed by atoms with Crippen molar-refractivity contribution in [1.82, 2.24) is 15.4 Å². The second kappa shape index (κ2) is 8.62. The van der Waals surface area contributed by atoms with Gasteiger partial charge < -0.3 is 14.6 Å². The van der Waals surface area contributed by atoms with Crippen LogP contribution in [0, 0.1) is 0 Å². The Labute approximate surface area is 174 Å². The van der Waals surface area contributed by atoms with Gasteiger partial charge in [0.05, 0.1) is 0 Å². The number of carboxylic acids is 1. The lowest BCUT2D eigenvalue weighted by molar-refractivity contribution is -0.0498. The number of nitrogens with one attached hydrogen (secondary N) is 1. The van der Waals surface area contributed by atoms with Crippen molar-refractivity contribution in [2.24, 2.45) is 0 Å². The highest BCUT2D eigenvalue weighted by Gasteiger charge is 2.16. The van der Waals surface area contributed by atoms with Crippen molar-refractivity contribution in [3.05, 3.63) is 78.5 Å². The lowest BCUT2D eigenvalue weighted by atomic mass is 10.0. The van der Waals surface area contributed by atoms with Crippen molar-refractivity contribution >= 4 is 5.97 Å². The Balaban J connectivity index is 1.49. The summed E-state index contributed by atoms with van der Waals surface area (Å²) in [5.41, 5.74) is 3.16. The maximum absolute atomic E-state index is 12.4. The first-order valence-electron chi connectivity index (χ1n) is 9.07. The van der Waals surface area contributed by atoms with Crippen molar-refractivity contribution in [3.8, 4) is 39.6 Å². The van der Waals surface area contributed by atoms with Gasteiger partial charge in [0, 0.05) is 0 Å². The molecule has 1 aromatic heterocycles. The molecule has 0 amide bonds. The molecule has 0 aliphatic rings. The number of nitrogens with zero attached hydrogens (tertiary/aromatic N) is 2. The third kappa shape index (κ3) is 4.67. The summed E-state index contributed by atoms with van der Waals surface area (Å²) in [4.78, 5) is 11.1. The Morgan fingerprint density at radius 2 is 1.48 bits per heavy atom. The van der Waals surface area contributed by atoms with Crippen LogP contribution in [-0.2, 0) is 0 Å². The molecule has 0 aliphatic carbocycles. The summed E-state index contributed by atoms with van der Waals surface area (Å²) in [5.74, 6) is -0.773. The number of rotatable bonds is 7. The first kappa shape index (κ1) is 20.0. The van der Waals surface area contributed by atoms with Gasteiger partial charge in [-0.1, -0.05) is 53.7 Å². The second-order valence-corrected chi connectivity index (χ2v) is 6.40. The van der Waals surface area contributed by atoms with Crippen LogP contribution in [0.5, 0.6) is 17.4 Å². The summed E-state index contributed by atoms with van der Waals surface area (Å²) in [7, 11) is 0. The number of aromatic carboxylic acids is 1. The number of halogens is 2. The highest BCUT2D eigenvalue weighted by Crippen LogP contribution is 2.29. The van der Waals surface area contributed by atoms with Crippen molar-refractivity contribution in [3.63, 3.8) is 0 Å². The molecule has 156 valence electrons. The molecule has 3 aromatic carbocycles. The molecule has 0 aliphatic heterocycles. The predicted molar refractivity (Wildman–Crippen MR) is 107 cm³/mol. The Kier molecular flexibility index (Phi) is 5.57. The monoisotopic (exact) mass is 423 g/mol. The van der Waals surface area contributed by atoms with Gasteiger partial charge in [-0.15, -0.1) is 5.10 Å². The number of carboxylic acid groups (broad SMARTS) is 1. The Morgan fingerprint density at radius 1 is 0.871 bits per heavy atom.